The van der Waals surface area contributed by atoms with Gasteiger partial charge in [-0.25, -0.2) is 9.69 Å². The van der Waals surface area contributed by atoms with Crippen LogP contribution < -0.4 is 9.64 Å². The fraction of sp³-hybridized carbons (Fsp3) is 0.105. The molecule has 0 fully saturated rings. The topological polar surface area (TPSA) is 72.9 Å². The minimum absolute atomic E-state index is 0.317. The molecule has 0 aliphatic carbocycles. The molecule has 2 aromatic carbocycles. The molecule has 2 aromatic rings. The van der Waals surface area contributed by atoms with Crippen molar-refractivity contribution in [2.45, 2.75) is 5.60 Å². The van der Waals surface area contributed by atoms with Gasteiger partial charge in [-0.1, -0.05) is 18.2 Å². The quantitative estimate of drug-likeness (QED) is 0.621. The van der Waals surface area contributed by atoms with E-state index in [0.29, 0.717) is 22.6 Å². The van der Waals surface area contributed by atoms with Crippen LogP contribution in [0.3, 0.4) is 0 Å². The highest BCUT2D eigenvalue weighted by atomic mass is 16.6. The van der Waals surface area contributed by atoms with Crippen molar-refractivity contribution in [1.82, 2.24) is 0 Å². The molecule has 2 heterocycles. The Hall–Kier alpha value is -3.41. The highest BCUT2D eigenvalue weighted by Gasteiger charge is 2.54. The van der Waals surface area contributed by atoms with Crippen molar-refractivity contribution in [3.8, 4) is 5.75 Å². The van der Waals surface area contributed by atoms with Crippen molar-refractivity contribution < 1.29 is 23.9 Å². The number of esters is 1. The van der Waals surface area contributed by atoms with Crippen LogP contribution in [0.5, 0.6) is 5.75 Å². The molecule has 1 spiro atoms. The van der Waals surface area contributed by atoms with Crippen molar-refractivity contribution in [3.63, 3.8) is 0 Å². The number of anilines is 1. The molecule has 0 aromatic heterocycles. The van der Waals surface area contributed by atoms with E-state index in [1.165, 1.54) is 19.3 Å². The highest BCUT2D eigenvalue weighted by molar-refractivity contribution is 6.28. The summed E-state index contributed by atoms with van der Waals surface area (Å²) in [5.41, 5.74) is -0.545. The lowest BCUT2D eigenvalue weighted by Gasteiger charge is -2.37. The van der Waals surface area contributed by atoms with E-state index in [1.54, 1.807) is 48.5 Å². The standard InChI is InChI=1S/C19H13NO5/c1-24-13-8-6-12(7-9-13)20-17(22)14-4-2-3-5-15(14)19(18(20)23)11-10-16(21)25-19/h2-11H,1H3. The van der Waals surface area contributed by atoms with Crippen molar-refractivity contribution in [1.29, 1.82) is 0 Å². The minimum Gasteiger partial charge on any atom is -0.497 e. The normalized spacial score (nSPS) is 21.5. The van der Waals surface area contributed by atoms with Crippen LogP contribution in [-0.4, -0.2) is 24.9 Å². The van der Waals surface area contributed by atoms with Gasteiger partial charge in [0.15, 0.2) is 0 Å². The van der Waals surface area contributed by atoms with Crippen molar-refractivity contribution in [2.24, 2.45) is 0 Å². The number of rotatable bonds is 2. The van der Waals surface area contributed by atoms with Crippen molar-refractivity contribution >= 4 is 23.5 Å². The Labute approximate surface area is 143 Å². The third-order valence-electron chi connectivity index (χ3n) is 4.33. The van der Waals surface area contributed by atoms with Crippen LogP contribution in [0, 0.1) is 0 Å². The Bertz CT molecular complexity index is 931. The van der Waals surface area contributed by atoms with Gasteiger partial charge in [-0.15, -0.1) is 0 Å². The first-order valence-electron chi connectivity index (χ1n) is 7.61. The maximum absolute atomic E-state index is 13.2. The molecule has 25 heavy (non-hydrogen) atoms. The van der Waals surface area contributed by atoms with Gasteiger partial charge in [-0.05, 0) is 36.4 Å². The Kier molecular flexibility index (Phi) is 3.21. The second-order valence-electron chi connectivity index (χ2n) is 5.68. The van der Waals surface area contributed by atoms with Gasteiger partial charge in [0, 0.05) is 17.2 Å². The van der Waals surface area contributed by atoms with E-state index in [4.69, 9.17) is 9.47 Å². The second-order valence-corrected chi connectivity index (χ2v) is 5.68. The fourth-order valence-corrected chi connectivity index (χ4v) is 3.13. The number of carbonyl (C=O) groups excluding carboxylic acids is 3. The first kappa shape index (κ1) is 15.1. The number of methoxy groups -OCH3 is 1. The highest BCUT2D eigenvalue weighted by Crippen LogP contribution is 2.41. The zero-order chi connectivity index (χ0) is 17.6. The van der Waals surface area contributed by atoms with E-state index in [-0.39, 0.29) is 0 Å². The van der Waals surface area contributed by atoms with Crippen molar-refractivity contribution in [2.75, 3.05) is 12.0 Å². The third kappa shape index (κ3) is 2.07. The van der Waals surface area contributed by atoms with E-state index in [2.05, 4.69) is 0 Å². The number of ether oxygens (including phenoxy) is 2. The summed E-state index contributed by atoms with van der Waals surface area (Å²) in [5.74, 6) is -1.11. The van der Waals surface area contributed by atoms with E-state index in [1.807, 2.05) is 0 Å². The Balaban J connectivity index is 1.90. The summed E-state index contributed by atoms with van der Waals surface area (Å²) in [5, 5.41) is 0. The molecule has 0 saturated heterocycles. The molecule has 0 bridgehead atoms. The van der Waals surface area contributed by atoms with Crippen LogP contribution >= 0.6 is 0 Å². The number of imide groups is 1. The number of hydrogen-bond acceptors (Lipinski definition) is 5. The number of fused-ring (bicyclic) bond motifs is 2. The van der Waals surface area contributed by atoms with E-state index in [9.17, 15) is 14.4 Å². The van der Waals surface area contributed by atoms with Crippen LogP contribution in [0.15, 0.2) is 60.7 Å². The largest absolute Gasteiger partial charge is 0.497 e. The molecule has 1 atom stereocenters. The molecule has 2 amide bonds. The summed E-state index contributed by atoms with van der Waals surface area (Å²) in [6.45, 7) is 0. The number of amides is 2. The second kappa shape index (κ2) is 5.31. The number of nitrogens with zero attached hydrogens (tertiary/aromatic N) is 1. The molecule has 0 N–H and O–H groups in total. The van der Waals surface area contributed by atoms with E-state index in [0.717, 1.165) is 4.90 Å². The lowest BCUT2D eigenvalue weighted by molar-refractivity contribution is -0.155. The van der Waals surface area contributed by atoms with Crippen LogP contribution in [0.4, 0.5) is 5.69 Å². The maximum Gasteiger partial charge on any atom is 0.332 e. The summed E-state index contributed by atoms with van der Waals surface area (Å²) >= 11 is 0. The maximum atomic E-state index is 13.2. The lowest BCUT2D eigenvalue weighted by atomic mass is 9.84. The Morgan fingerprint density at radius 3 is 2.36 bits per heavy atom. The first-order valence-corrected chi connectivity index (χ1v) is 7.61. The SMILES string of the molecule is COc1ccc(N2C(=O)c3ccccc3C3(C=CC(=O)O3)C2=O)cc1. The monoisotopic (exact) mass is 335 g/mol. The van der Waals surface area contributed by atoms with E-state index >= 15 is 0 Å². The van der Waals surface area contributed by atoms with Crippen LogP contribution in [0.2, 0.25) is 0 Å². The predicted octanol–water partition coefficient (Wildman–Crippen LogP) is 2.19. The summed E-state index contributed by atoms with van der Waals surface area (Å²) in [6, 6.07) is 13.2. The predicted molar refractivity (Wildman–Crippen MR) is 88.2 cm³/mol. The van der Waals surface area contributed by atoms with Gasteiger partial charge in [-0.2, -0.15) is 0 Å². The van der Waals surface area contributed by atoms with Crippen LogP contribution in [-0.2, 0) is 19.9 Å². The van der Waals surface area contributed by atoms with Gasteiger partial charge in [0.05, 0.1) is 12.8 Å². The molecule has 0 saturated carbocycles. The van der Waals surface area contributed by atoms with Gasteiger partial charge in [-0.3, -0.25) is 9.59 Å². The van der Waals surface area contributed by atoms with Gasteiger partial charge < -0.3 is 9.47 Å². The zero-order valence-corrected chi connectivity index (χ0v) is 13.3. The molecule has 1 unspecified atom stereocenters. The van der Waals surface area contributed by atoms with Crippen LogP contribution in [0.1, 0.15) is 15.9 Å². The molecule has 124 valence electrons. The zero-order valence-electron chi connectivity index (χ0n) is 13.3. The molecule has 0 radical (unpaired) electrons. The minimum atomic E-state index is -1.61. The molecular formula is C19H13NO5. The number of benzene rings is 2. The van der Waals surface area contributed by atoms with Gasteiger partial charge >= 0.3 is 5.97 Å². The fourth-order valence-electron chi connectivity index (χ4n) is 3.13. The van der Waals surface area contributed by atoms with Crippen LogP contribution in [0.25, 0.3) is 0 Å². The molecule has 6 nitrogen and oxygen atoms in total. The molecule has 2 aliphatic rings. The molecule has 4 rings (SSSR count). The van der Waals surface area contributed by atoms with Crippen molar-refractivity contribution in [3.05, 3.63) is 71.8 Å². The summed E-state index contributed by atoms with van der Waals surface area (Å²) in [7, 11) is 1.53. The average Bonchev–Trinajstić information content (AvgIpc) is 3.04. The molecule has 6 heteroatoms. The third-order valence-corrected chi connectivity index (χ3v) is 4.33. The van der Waals surface area contributed by atoms with E-state index < -0.39 is 23.4 Å². The Morgan fingerprint density at radius 2 is 1.72 bits per heavy atom. The Morgan fingerprint density at radius 1 is 1.00 bits per heavy atom. The van der Waals surface area contributed by atoms with Gasteiger partial charge in [0.2, 0.25) is 5.60 Å². The average molecular weight is 335 g/mol. The lowest BCUT2D eigenvalue weighted by Crippen LogP contribution is -2.54. The molecule has 2 aliphatic heterocycles. The van der Waals surface area contributed by atoms with Gasteiger partial charge in [0.1, 0.15) is 5.75 Å². The first-order chi connectivity index (χ1) is 12.1. The summed E-state index contributed by atoms with van der Waals surface area (Å²) < 4.78 is 10.5. The molecular weight excluding hydrogens is 322 g/mol. The number of carbonyl (C=O) groups is 3. The number of hydrogen-bond donors (Lipinski definition) is 0. The summed E-state index contributed by atoms with van der Waals surface area (Å²) in [4.78, 5) is 38.8. The summed E-state index contributed by atoms with van der Waals surface area (Å²) in [6.07, 6.45) is 2.61. The smallest absolute Gasteiger partial charge is 0.332 e. The van der Waals surface area contributed by atoms with Gasteiger partial charge in [0.25, 0.3) is 11.8 Å².